The average Bonchev–Trinajstić information content (AvgIpc) is 3.01. The molecule has 0 saturated carbocycles. The van der Waals surface area contributed by atoms with E-state index in [1.54, 1.807) is 6.92 Å². The van der Waals surface area contributed by atoms with E-state index in [0.29, 0.717) is 17.5 Å². The second-order valence-electron chi connectivity index (χ2n) is 5.09. The predicted molar refractivity (Wildman–Crippen MR) is 94.8 cm³/mol. The predicted octanol–water partition coefficient (Wildman–Crippen LogP) is 3.54. The number of thioether (sulfide) groups is 1. The summed E-state index contributed by atoms with van der Waals surface area (Å²) in [4.78, 5) is 11.9. The summed E-state index contributed by atoms with van der Waals surface area (Å²) in [5.74, 6) is -0.181. The number of para-hydroxylation sites is 1. The molecular formula is C15H17F3N4O2S2. The van der Waals surface area contributed by atoms with Crippen LogP contribution >= 0.6 is 23.1 Å². The number of rotatable bonds is 8. The van der Waals surface area contributed by atoms with Gasteiger partial charge in [-0.2, -0.15) is 13.2 Å². The fraction of sp³-hybridized carbons (Fsp3) is 0.400. The molecule has 1 aromatic carbocycles. The highest BCUT2D eigenvalue weighted by Gasteiger charge is 2.33. The van der Waals surface area contributed by atoms with Crippen LogP contribution in [0.1, 0.15) is 12.5 Å². The summed E-state index contributed by atoms with van der Waals surface area (Å²) in [5, 5.41) is 12.9. The van der Waals surface area contributed by atoms with Crippen LogP contribution in [0.15, 0.2) is 28.6 Å². The summed E-state index contributed by atoms with van der Waals surface area (Å²) in [6.07, 6.45) is -4.47. The number of anilines is 2. The molecule has 2 rings (SSSR count). The van der Waals surface area contributed by atoms with Gasteiger partial charge in [0.25, 0.3) is 0 Å². The third-order valence-electron chi connectivity index (χ3n) is 3.13. The fourth-order valence-electron chi connectivity index (χ4n) is 1.89. The molecule has 0 radical (unpaired) electrons. The van der Waals surface area contributed by atoms with Gasteiger partial charge in [0.1, 0.15) is 0 Å². The molecule has 1 atom stereocenters. The number of carbonyl (C=O) groups excluding carboxylic acids is 1. The lowest BCUT2D eigenvalue weighted by Gasteiger charge is -2.12. The zero-order valence-corrected chi connectivity index (χ0v) is 15.6. The zero-order chi connectivity index (χ0) is 19.2. The lowest BCUT2D eigenvalue weighted by atomic mass is 10.2. The molecule has 1 amide bonds. The SMILES string of the molecule is COCCNC(=O)[C@@H](C)Sc1nnc(Nc2ccccc2C(F)(F)F)s1. The van der Waals surface area contributed by atoms with Crippen molar-refractivity contribution < 1.29 is 22.7 Å². The maximum atomic E-state index is 13.0. The van der Waals surface area contributed by atoms with Crippen molar-refractivity contribution in [2.75, 3.05) is 25.6 Å². The summed E-state index contributed by atoms with van der Waals surface area (Å²) in [6, 6.07) is 5.13. The first-order valence-electron chi connectivity index (χ1n) is 7.51. The fourth-order valence-corrected chi connectivity index (χ4v) is 3.82. The molecule has 0 aliphatic heterocycles. The summed E-state index contributed by atoms with van der Waals surface area (Å²) >= 11 is 2.26. The number of nitrogens with one attached hydrogen (secondary N) is 2. The molecule has 2 N–H and O–H groups in total. The molecule has 26 heavy (non-hydrogen) atoms. The molecule has 0 aliphatic rings. The molecule has 11 heteroatoms. The number of ether oxygens (including phenoxy) is 1. The van der Waals surface area contributed by atoms with Crippen molar-refractivity contribution >= 4 is 39.8 Å². The van der Waals surface area contributed by atoms with Gasteiger partial charge in [0, 0.05) is 13.7 Å². The standard InChI is InChI=1S/C15H17F3N4O2S2/c1-9(12(23)19-7-8-24-2)25-14-22-21-13(26-14)20-11-6-4-3-5-10(11)15(16,17)18/h3-6,9H,7-8H2,1-2H3,(H,19,23)(H,20,21)/t9-/m1/s1. The number of hydrogen-bond acceptors (Lipinski definition) is 7. The van der Waals surface area contributed by atoms with Crippen LogP contribution in [0.25, 0.3) is 0 Å². The molecule has 0 unspecified atom stereocenters. The number of carbonyl (C=O) groups is 1. The Hall–Kier alpha value is -1.85. The highest BCUT2D eigenvalue weighted by Crippen LogP contribution is 2.37. The number of methoxy groups -OCH3 is 1. The molecule has 0 spiro atoms. The smallest absolute Gasteiger partial charge is 0.383 e. The number of hydrogen-bond donors (Lipinski definition) is 2. The van der Waals surface area contributed by atoms with E-state index in [1.807, 2.05) is 0 Å². The lowest BCUT2D eigenvalue weighted by Crippen LogP contribution is -2.33. The minimum absolute atomic E-state index is 0.0990. The van der Waals surface area contributed by atoms with Gasteiger partial charge in [0.05, 0.1) is 23.1 Å². The minimum Gasteiger partial charge on any atom is -0.383 e. The summed E-state index contributed by atoms with van der Waals surface area (Å²) in [5.41, 5.74) is -0.881. The highest BCUT2D eigenvalue weighted by molar-refractivity contribution is 8.02. The van der Waals surface area contributed by atoms with E-state index in [2.05, 4.69) is 20.8 Å². The Morgan fingerprint density at radius 3 is 2.77 bits per heavy atom. The van der Waals surface area contributed by atoms with Gasteiger partial charge in [-0.1, -0.05) is 35.2 Å². The van der Waals surface area contributed by atoms with E-state index in [1.165, 1.54) is 37.1 Å². The third-order valence-corrected chi connectivity index (χ3v) is 5.16. The second kappa shape index (κ2) is 9.19. The summed E-state index contributed by atoms with van der Waals surface area (Å²) in [7, 11) is 1.54. The normalized spacial score (nSPS) is 12.7. The monoisotopic (exact) mass is 406 g/mol. The molecule has 0 saturated heterocycles. The molecule has 0 bridgehead atoms. The number of alkyl halides is 3. The largest absolute Gasteiger partial charge is 0.418 e. The summed E-state index contributed by atoms with van der Waals surface area (Å²) < 4.78 is 44.4. The van der Waals surface area contributed by atoms with Gasteiger partial charge in [0.2, 0.25) is 11.0 Å². The molecule has 2 aromatic rings. The quantitative estimate of drug-likeness (QED) is 0.516. The molecule has 1 aromatic heterocycles. The van der Waals surface area contributed by atoms with Crippen LogP contribution in [0.3, 0.4) is 0 Å². The van der Waals surface area contributed by atoms with Crippen molar-refractivity contribution in [2.24, 2.45) is 0 Å². The van der Waals surface area contributed by atoms with Gasteiger partial charge in [-0.05, 0) is 19.1 Å². The van der Waals surface area contributed by atoms with E-state index in [4.69, 9.17) is 4.74 Å². The Kier molecular flexibility index (Phi) is 7.23. The molecule has 0 fully saturated rings. The van der Waals surface area contributed by atoms with Crippen molar-refractivity contribution in [2.45, 2.75) is 22.7 Å². The summed E-state index contributed by atoms with van der Waals surface area (Å²) in [6.45, 7) is 2.52. The van der Waals surface area contributed by atoms with E-state index in [0.717, 1.165) is 17.4 Å². The molecule has 0 aliphatic carbocycles. The lowest BCUT2D eigenvalue weighted by molar-refractivity contribution is -0.137. The van der Waals surface area contributed by atoms with Gasteiger partial charge in [-0.25, -0.2) is 0 Å². The molecule has 142 valence electrons. The van der Waals surface area contributed by atoms with Crippen LogP contribution in [0.4, 0.5) is 24.0 Å². The van der Waals surface area contributed by atoms with E-state index in [9.17, 15) is 18.0 Å². The van der Waals surface area contributed by atoms with Gasteiger partial charge in [0.15, 0.2) is 4.34 Å². The zero-order valence-electron chi connectivity index (χ0n) is 14.0. The van der Waals surface area contributed by atoms with Gasteiger partial charge >= 0.3 is 6.18 Å². The third kappa shape index (κ3) is 5.85. The van der Waals surface area contributed by atoms with Crippen molar-refractivity contribution in [1.82, 2.24) is 15.5 Å². The molecule has 6 nitrogen and oxygen atoms in total. The van der Waals surface area contributed by atoms with Crippen LogP contribution in [-0.2, 0) is 15.7 Å². The Bertz CT molecular complexity index is 740. The Morgan fingerprint density at radius 2 is 2.08 bits per heavy atom. The van der Waals surface area contributed by atoms with Crippen LogP contribution in [0.5, 0.6) is 0 Å². The maximum absolute atomic E-state index is 13.0. The van der Waals surface area contributed by atoms with Crippen molar-refractivity contribution in [3.63, 3.8) is 0 Å². The second-order valence-corrected chi connectivity index (χ2v) is 7.65. The van der Waals surface area contributed by atoms with Crippen LogP contribution in [0.2, 0.25) is 0 Å². The topological polar surface area (TPSA) is 76.1 Å². The molecule has 1 heterocycles. The van der Waals surface area contributed by atoms with Crippen LogP contribution < -0.4 is 10.6 Å². The Balaban J connectivity index is 1.99. The first-order chi connectivity index (χ1) is 12.3. The number of aromatic nitrogens is 2. The Morgan fingerprint density at radius 1 is 1.35 bits per heavy atom. The average molecular weight is 406 g/mol. The first-order valence-corrected chi connectivity index (χ1v) is 9.21. The van der Waals surface area contributed by atoms with Crippen molar-refractivity contribution in [3.05, 3.63) is 29.8 Å². The van der Waals surface area contributed by atoms with Gasteiger partial charge in [-0.15, -0.1) is 10.2 Å². The van der Waals surface area contributed by atoms with Crippen LogP contribution in [-0.4, -0.2) is 41.6 Å². The van der Waals surface area contributed by atoms with Gasteiger partial charge < -0.3 is 15.4 Å². The van der Waals surface area contributed by atoms with E-state index in [-0.39, 0.29) is 16.7 Å². The Labute approximate surface area is 156 Å². The number of benzene rings is 1. The number of nitrogens with zero attached hydrogens (tertiary/aromatic N) is 2. The van der Waals surface area contributed by atoms with Crippen molar-refractivity contribution in [1.29, 1.82) is 0 Å². The van der Waals surface area contributed by atoms with Crippen LogP contribution in [0, 0.1) is 0 Å². The number of amides is 1. The van der Waals surface area contributed by atoms with E-state index < -0.39 is 17.0 Å². The maximum Gasteiger partial charge on any atom is 0.418 e. The first kappa shape index (κ1) is 20.5. The molecular weight excluding hydrogens is 389 g/mol. The number of halogens is 3. The highest BCUT2D eigenvalue weighted by atomic mass is 32.2. The van der Waals surface area contributed by atoms with E-state index >= 15 is 0 Å². The van der Waals surface area contributed by atoms with Gasteiger partial charge in [-0.3, -0.25) is 4.79 Å². The van der Waals surface area contributed by atoms with Crippen molar-refractivity contribution in [3.8, 4) is 0 Å². The minimum atomic E-state index is -4.47.